The number of ketones is 1. The van der Waals surface area contributed by atoms with Crippen LogP contribution in [0.15, 0.2) is 42.5 Å². The number of rotatable bonds is 5. The first-order valence-corrected chi connectivity index (χ1v) is 6.74. The van der Waals surface area contributed by atoms with Gasteiger partial charge in [0.25, 0.3) is 0 Å². The van der Waals surface area contributed by atoms with Crippen molar-refractivity contribution >= 4 is 11.8 Å². The van der Waals surface area contributed by atoms with Gasteiger partial charge in [0.2, 0.25) is 6.29 Å². The van der Waals surface area contributed by atoms with Gasteiger partial charge in [-0.1, -0.05) is 30.3 Å². The lowest BCUT2D eigenvalue weighted by Gasteiger charge is -2.24. The van der Waals surface area contributed by atoms with Gasteiger partial charge in [-0.05, 0) is 37.0 Å². The molecule has 2 rings (SSSR count). The molecule has 106 valence electrons. The molecule has 0 fully saturated rings. The zero-order valence-electron chi connectivity index (χ0n) is 11.5. The van der Waals surface area contributed by atoms with Crippen molar-refractivity contribution in [3.63, 3.8) is 0 Å². The maximum Gasteiger partial charge on any atom is 0.305 e. The summed E-state index contributed by atoms with van der Waals surface area (Å²) in [6.45, 7) is 1.32. The molecule has 2 unspecified atom stereocenters. The van der Waals surface area contributed by atoms with E-state index in [4.69, 9.17) is 9.47 Å². The molecule has 1 aliphatic rings. The van der Waals surface area contributed by atoms with E-state index in [-0.39, 0.29) is 5.78 Å². The Morgan fingerprint density at radius 1 is 1.30 bits per heavy atom. The van der Waals surface area contributed by atoms with E-state index >= 15 is 0 Å². The second kappa shape index (κ2) is 7.01. The molecule has 0 radical (unpaired) electrons. The summed E-state index contributed by atoms with van der Waals surface area (Å²) in [7, 11) is 0. The van der Waals surface area contributed by atoms with Gasteiger partial charge in [0, 0.05) is 6.92 Å². The minimum absolute atomic E-state index is 0.0681. The molecule has 0 saturated carbocycles. The number of benzene rings is 1. The predicted molar refractivity (Wildman–Crippen MR) is 74.0 cm³/mol. The molecule has 0 aliphatic carbocycles. The molecule has 20 heavy (non-hydrogen) atoms. The first-order valence-electron chi connectivity index (χ1n) is 6.74. The molecule has 0 saturated heterocycles. The Morgan fingerprint density at radius 3 is 2.75 bits per heavy atom. The fourth-order valence-corrected chi connectivity index (χ4v) is 2.13. The summed E-state index contributed by atoms with van der Waals surface area (Å²) in [5, 5.41) is 0. The van der Waals surface area contributed by atoms with Crippen molar-refractivity contribution in [1.29, 1.82) is 0 Å². The van der Waals surface area contributed by atoms with Crippen LogP contribution in [-0.4, -0.2) is 24.1 Å². The Bertz CT molecular complexity index is 492. The van der Waals surface area contributed by atoms with Crippen molar-refractivity contribution in [3.8, 4) is 0 Å². The highest BCUT2D eigenvalue weighted by Gasteiger charge is 2.26. The zero-order chi connectivity index (χ0) is 14.4. The third-order valence-corrected chi connectivity index (χ3v) is 3.09. The number of ether oxygens (including phenoxy) is 2. The summed E-state index contributed by atoms with van der Waals surface area (Å²) in [6, 6.07) is 10.1. The minimum Gasteiger partial charge on any atom is -0.432 e. The fourth-order valence-electron chi connectivity index (χ4n) is 2.13. The molecule has 1 aromatic rings. The molecule has 2 atom stereocenters. The van der Waals surface area contributed by atoms with E-state index in [1.807, 2.05) is 18.2 Å². The summed E-state index contributed by atoms with van der Waals surface area (Å²) in [4.78, 5) is 22.6. The number of carbonyl (C=O) groups is 2. The second-order valence-electron chi connectivity index (χ2n) is 4.74. The van der Waals surface area contributed by atoms with Crippen LogP contribution in [0.4, 0.5) is 0 Å². The van der Waals surface area contributed by atoms with Gasteiger partial charge < -0.3 is 9.47 Å². The molecule has 0 bridgehead atoms. The predicted octanol–water partition coefficient (Wildman–Crippen LogP) is 2.42. The standard InChI is InChI=1S/C16H18O4/c1-12(17)19-16-11-10-14(18)15(20-16)9-5-8-13-6-3-2-4-7-13/h2-4,6-7,10-11,15-16H,5,8-9H2,1H3. The molecule has 0 spiro atoms. The van der Waals surface area contributed by atoms with Crippen molar-refractivity contribution in [2.24, 2.45) is 0 Å². The van der Waals surface area contributed by atoms with Crippen LogP contribution in [0, 0.1) is 0 Å². The Hall–Kier alpha value is -1.94. The van der Waals surface area contributed by atoms with Gasteiger partial charge in [-0.15, -0.1) is 0 Å². The van der Waals surface area contributed by atoms with E-state index in [1.54, 1.807) is 0 Å². The smallest absolute Gasteiger partial charge is 0.305 e. The topological polar surface area (TPSA) is 52.6 Å². The Morgan fingerprint density at radius 2 is 2.05 bits per heavy atom. The molecule has 4 heteroatoms. The first-order chi connectivity index (χ1) is 9.65. The first kappa shape index (κ1) is 14.5. The van der Waals surface area contributed by atoms with Crippen molar-refractivity contribution in [2.45, 2.75) is 38.6 Å². The lowest BCUT2D eigenvalue weighted by Crippen LogP contribution is -2.34. The van der Waals surface area contributed by atoms with Gasteiger partial charge >= 0.3 is 5.97 Å². The van der Waals surface area contributed by atoms with Crippen LogP contribution < -0.4 is 0 Å². The van der Waals surface area contributed by atoms with Gasteiger partial charge in [0.15, 0.2) is 5.78 Å². The van der Waals surface area contributed by atoms with Crippen molar-refractivity contribution in [3.05, 3.63) is 48.0 Å². The highest BCUT2D eigenvalue weighted by Crippen LogP contribution is 2.16. The lowest BCUT2D eigenvalue weighted by atomic mass is 10.0. The Labute approximate surface area is 118 Å². The molecule has 0 aromatic heterocycles. The molecular weight excluding hydrogens is 256 g/mol. The van der Waals surface area contributed by atoms with Crippen LogP contribution in [0.3, 0.4) is 0 Å². The van der Waals surface area contributed by atoms with Crippen LogP contribution in [0.5, 0.6) is 0 Å². The second-order valence-corrected chi connectivity index (χ2v) is 4.74. The van der Waals surface area contributed by atoms with Gasteiger partial charge in [-0.25, -0.2) is 0 Å². The third-order valence-electron chi connectivity index (χ3n) is 3.09. The van der Waals surface area contributed by atoms with E-state index in [2.05, 4.69) is 12.1 Å². The van der Waals surface area contributed by atoms with E-state index in [0.717, 1.165) is 12.8 Å². The monoisotopic (exact) mass is 274 g/mol. The van der Waals surface area contributed by atoms with E-state index < -0.39 is 18.4 Å². The highest BCUT2D eigenvalue weighted by atomic mass is 16.7. The zero-order valence-corrected chi connectivity index (χ0v) is 11.5. The molecular formula is C16H18O4. The average molecular weight is 274 g/mol. The fraction of sp³-hybridized carbons (Fsp3) is 0.375. The molecule has 1 heterocycles. The van der Waals surface area contributed by atoms with Crippen LogP contribution >= 0.6 is 0 Å². The lowest BCUT2D eigenvalue weighted by molar-refractivity contribution is -0.180. The molecule has 4 nitrogen and oxygen atoms in total. The minimum atomic E-state index is -0.744. The third kappa shape index (κ3) is 4.31. The Balaban J connectivity index is 1.81. The summed E-state index contributed by atoms with van der Waals surface area (Å²) >= 11 is 0. The number of hydrogen-bond donors (Lipinski definition) is 0. The van der Waals surface area contributed by atoms with Gasteiger partial charge in [-0.3, -0.25) is 9.59 Å². The number of carbonyl (C=O) groups excluding carboxylic acids is 2. The van der Waals surface area contributed by atoms with Crippen LogP contribution in [0.2, 0.25) is 0 Å². The van der Waals surface area contributed by atoms with Gasteiger partial charge in [0.1, 0.15) is 6.10 Å². The average Bonchev–Trinajstić information content (AvgIpc) is 2.43. The summed E-state index contributed by atoms with van der Waals surface area (Å²) in [6.07, 6.45) is 4.01. The summed E-state index contributed by atoms with van der Waals surface area (Å²) in [5.74, 6) is -0.488. The number of esters is 1. The van der Waals surface area contributed by atoms with E-state index in [0.29, 0.717) is 6.42 Å². The largest absolute Gasteiger partial charge is 0.432 e. The highest BCUT2D eigenvalue weighted by molar-refractivity contribution is 5.94. The molecule has 1 aromatic carbocycles. The summed E-state index contributed by atoms with van der Waals surface area (Å²) in [5.41, 5.74) is 1.24. The van der Waals surface area contributed by atoms with E-state index in [9.17, 15) is 9.59 Å². The van der Waals surface area contributed by atoms with E-state index in [1.165, 1.54) is 24.6 Å². The number of hydrogen-bond acceptors (Lipinski definition) is 4. The maximum absolute atomic E-state index is 11.7. The molecule has 1 aliphatic heterocycles. The Kier molecular flexibility index (Phi) is 5.07. The van der Waals surface area contributed by atoms with Crippen LogP contribution in [0.1, 0.15) is 25.3 Å². The maximum atomic E-state index is 11.7. The van der Waals surface area contributed by atoms with Crippen LogP contribution in [-0.2, 0) is 25.5 Å². The van der Waals surface area contributed by atoms with Gasteiger partial charge in [0.05, 0.1) is 0 Å². The van der Waals surface area contributed by atoms with Crippen molar-refractivity contribution < 1.29 is 19.1 Å². The van der Waals surface area contributed by atoms with Gasteiger partial charge in [-0.2, -0.15) is 0 Å². The molecule has 0 N–H and O–H groups in total. The molecule has 0 amide bonds. The summed E-state index contributed by atoms with van der Waals surface area (Å²) < 4.78 is 10.4. The van der Waals surface area contributed by atoms with Crippen LogP contribution in [0.25, 0.3) is 0 Å². The van der Waals surface area contributed by atoms with Crippen molar-refractivity contribution in [1.82, 2.24) is 0 Å². The SMILES string of the molecule is CC(=O)OC1C=CC(=O)C(CCCc2ccccc2)O1. The number of aryl methyl sites for hydroxylation is 1. The quantitative estimate of drug-likeness (QED) is 0.774. The normalized spacial score (nSPS) is 21.8. The van der Waals surface area contributed by atoms with Crippen molar-refractivity contribution in [2.75, 3.05) is 0 Å².